The van der Waals surface area contributed by atoms with Crippen LogP contribution in [0.15, 0.2) is 12.2 Å². The van der Waals surface area contributed by atoms with E-state index >= 15 is 0 Å². The van der Waals surface area contributed by atoms with Gasteiger partial charge in [0.25, 0.3) is 0 Å². The number of rotatable bonds is 0. The Balaban J connectivity index is 2.74. The van der Waals surface area contributed by atoms with Crippen molar-refractivity contribution in [1.82, 2.24) is 0 Å². The van der Waals surface area contributed by atoms with E-state index in [9.17, 15) is 19.2 Å². The minimum absolute atomic E-state index is 0.604. The van der Waals surface area contributed by atoms with Gasteiger partial charge in [0.05, 0.1) is 6.42 Å². The predicted octanol–water partition coefficient (Wildman–Crippen LogP) is -1.72. The normalized spacial score (nSPS) is 24.4. The molecule has 9 nitrogen and oxygen atoms in total. The third-order valence-electron chi connectivity index (χ3n) is 1.47. The van der Waals surface area contributed by atoms with Crippen molar-refractivity contribution >= 4 is 23.9 Å². The van der Waals surface area contributed by atoms with Gasteiger partial charge in [0, 0.05) is 12.2 Å². The van der Waals surface area contributed by atoms with Crippen molar-refractivity contribution in [2.24, 2.45) is 5.73 Å². The molecule has 1 aliphatic heterocycles. The fraction of sp³-hybridized carbons (Fsp3) is 0.250. The van der Waals surface area contributed by atoms with Crippen molar-refractivity contribution in [3.05, 3.63) is 12.2 Å². The van der Waals surface area contributed by atoms with E-state index in [1.807, 2.05) is 0 Å². The Morgan fingerprint density at radius 1 is 0.941 bits per heavy atom. The van der Waals surface area contributed by atoms with Crippen LogP contribution < -0.4 is 5.73 Å². The molecule has 0 saturated carbocycles. The molecule has 0 aliphatic carbocycles. The molecule has 9 heteroatoms. The quantitative estimate of drug-likeness (QED) is 0.494. The second-order valence-corrected chi connectivity index (χ2v) is 2.81. The fourth-order valence-electron chi connectivity index (χ4n) is 0.720. The van der Waals surface area contributed by atoms with Gasteiger partial charge in [-0.1, -0.05) is 0 Å². The maximum atomic E-state index is 11.0. The first-order valence-electron chi connectivity index (χ1n) is 4.26. The van der Waals surface area contributed by atoms with Crippen LogP contribution in [-0.2, 0) is 38.7 Å². The van der Waals surface area contributed by atoms with E-state index in [4.69, 9.17) is 5.73 Å². The Hall–Kier alpha value is -2.42. The number of nitrogens with two attached hydrogens (primary N) is 1. The van der Waals surface area contributed by atoms with Crippen molar-refractivity contribution in [3.63, 3.8) is 0 Å². The molecule has 0 saturated heterocycles. The predicted molar refractivity (Wildman–Crippen MR) is 46.1 cm³/mol. The molecule has 1 rings (SSSR count). The average molecular weight is 245 g/mol. The molecule has 0 amide bonds. The molecule has 17 heavy (non-hydrogen) atoms. The highest BCUT2D eigenvalue weighted by Crippen LogP contribution is 1.99. The monoisotopic (exact) mass is 245 g/mol. The van der Waals surface area contributed by atoms with Crippen molar-refractivity contribution < 1.29 is 38.7 Å². The summed E-state index contributed by atoms with van der Waals surface area (Å²) in [7, 11) is 0. The van der Waals surface area contributed by atoms with E-state index in [-0.39, 0.29) is 0 Å². The summed E-state index contributed by atoms with van der Waals surface area (Å²) in [6, 6.07) is -1.41. The minimum atomic E-state index is -1.41. The zero-order chi connectivity index (χ0) is 12.8. The summed E-state index contributed by atoms with van der Waals surface area (Å²) in [5, 5.41) is 0. The van der Waals surface area contributed by atoms with Crippen LogP contribution in [0.5, 0.6) is 0 Å². The van der Waals surface area contributed by atoms with Crippen LogP contribution >= 0.6 is 0 Å². The van der Waals surface area contributed by atoms with Crippen LogP contribution in [0.4, 0.5) is 0 Å². The van der Waals surface area contributed by atoms with E-state index in [1.165, 1.54) is 0 Å². The third kappa shape index (κ3) is 4.30. The highest BCUT2D eigenvalue weighted by atomic mass is 17.2. The second kappa shape index (κ2) is 5.61. The molecule has 0 bridgehead atoms. The topological polar surface area (TPSA) is 131 Å². The molecule has 0 aromatic rings. The summed E-state index contributed by atoms with van der Waals surface area (Å²) < 4.78 is 0. The standard InChI is InChI=1S/C8H7NO8/c9-4-3-7(12)16-14-5(10)1-2-6(11)15-17-8(4)13/h1-2,4H,3,9H2/b2-1-. The maximum absolute atomic E-state index is 11.0. The van der Waals surface area contributed by atoms with Gasteiger partial charge in [0.1, 0.15) is 6.04 Å². The summed E-state index contributed by atoms with van der Waals surface area (Å²) in [5.41, 5.74) is 5.20. The van der Waals surface area contributed by atoms with E-state index < -0.39 is 36.3 Å². The Morgan fingerprint density at radius 2 is 1.47 bits per heavy atom. The maximum Gasteiger partial charge on any atom is 0.379 e. The van der Waals surface area contributed by atoms with Gasteiger partial charge < -0.3 is 5.73 Å². The molecular formula is C8H7NO8. The molecule has 1 aliphatic rings. The minimum Gasteiger partial charge on any atom is -0.318 e. The zero-order valence-electron chi connectivity index (χ0n) is 8.28. The highest BCUT2D eigenvalue weighted by Gasteiger charge is 2.24. The first kappa shape index (κ1) is 12.6. The SMILES string of the molecule is NC1CC(=O)OOC(=O)/C=C\C(=O)OOC1=O. The number of hydrogen-bond acceptors (Lipinski definition) is 9. The van der Waals surface area contributed by atoms with Crippen molar-refractivity contribution in [3.8, 4) is 0 Å². The van der Waals surface area contributed by atoms with Crippen LogP contribution in [-0.4, -0.2) is 29.9 Å². The lowest BCUT2D eigenvalue weighted by Gasteiger charge is -2.08. The molecule has 0 radical (unpaired) electrons. The zero-order valence-corrected chi connectivity index (χ0v) is 8.28. The summed E-state index contributed by atoms with van der Waals surface area (Å²) >= 11 is 0. The highest BCUT2D eigenvalue weighted by molar-refractivity contribution is 5.92. The van der Waals surface area contributed by atoms with E-state index in [0.29, 0.717) is 12.2 Å². The van der Waals surface area contributed by atoms with E-state index in [0.717, 1.165) is 0 Å². The van der Waals surface area contributed by atoms with Crippen molar-refractivity contribution in [1.29, 1.82) is 0 Å². The summed E-state index contributed by atoms with van der Waals surface area (Å²) in [6.45, 7) is 0. The van der Waals surface area contributed by atoms with Crippen LogP contribution in [0, 0.1) is 0 Å². The summed E-state index contributed by atoms with van der Waals surface area (Å²) in [6.07, 6.45) is 0.620. The van der Waals surface area contributed by atoms with E-state index in [2.05, 4.69) is 19.6 Å². The van der Waals surface area contributed by atoms with Crippen molar-refractivity contribution in [2.75, 3.05) is 0 Å². The van der Waals surface area contributed by atoms with Crippen LogP contribution in [0.3, 0.4) is 0 Å². The lowest BCUT2D eigenvalue weighted by Crippen LogP contribution is -2.35. The number of carbonyl (C=O) groups excluding carboxylic acids is 4. The Kier molecular flexibility index (Phi) is 4.17. The van der Waals surface area contributed by atoms with Gasteiger partial charge in [-0.05, 0) is 0 Å². The van der Waals surface area contributed by atoms with Gasteiger partial charge in [-0.25, -0.2) is 38.7 Å². The molecule has 1 unspecified atom stereocenters. The molecule has 1 atom stereocenters. The third-order valence-corrected chi connectivity index (χ3v) is 1.47. The molecule has 0 aromatic carbocycles. The smallest absolute Gasteiger partial charge is 0.318 e. The summed E-state index contributed by atoms with van der Waals surface area (Å²) in [4.78, 5) is 59.5. The molecule has 92 valence electrons. The molecule has 0 fully saturated rings. The number of hydrogen-bond donors (Lipinski definition) is 1. The van der Waals surface area contributed by atoms with Crippen LogP contribution in [0.2, 0.25) is 0 Å². The van der Waals surface area contributed by atoms with Gasteiger partial charge in [0.2, 0.25) is 0 Å². The molecule has 2 N–H and O–H groups in total. The van der Waals surface area contributed by atoms with Crippen LogP contribution in [0.1, 0.15) is 6.42 Å². The Labute approximate surface area is 93.9 Å². The van der Waals surface area contributed by atoms with E-state index in [1.54, 1.807) is 0 Å². The first-order chi connectivity index (χ1) is 7.99. The second-order valence-electron chi connectivity index (χ2n) is 2.81. The molecule has 0 aromatic heterocycles. The molecule has 0 spiro atoms. The number of carbonyl (C=O) groups is 4. The summed E-state index contributed by atoms with van der Waals surface area (Å²) in [5.74, 6) is -4.44. The van der Waals surface area contributed by atoms with Gasteiger partial charge in [-0.15, -0.1) is 0 Å². The first-order valence-corrected chi connectivity index (χ1v) is 4.26. The average Bonchev–Trinajstić information content (AvgIpc) is 2.29. The van der Waals surface area contributed by atoms with Gasteiger partial charge in [-0.2, -0.15) is 0 Å². The van der Waals surface area contributed by atoms with Gasteiger partial charge in [0.15, 0.2) is 0 Å². The molecule has 1 heterocycles. The lowest BCUT2D eigenvalue weighted by atomic mass is 10.2. The lowest BCUT2D eigenvalue weighted by molar-refractivity contribution is -0.261. The van der Waals surface area contributed by atoms with Gasteiger partial charge >= 0.3 is 23.9 Å². The van der Waals surface area contributed by atoms with Crippen molar-refractivity contribution in [2.45, 2.75) is 12.5 Å². The molecular weight excluding hydrogens is 238 g/mol. The largest absolute Gasteiger partial charge is 0.379 e. The fourth-order valence-corrected chi connectivity index (χ4v) is 0.720. The van der Waals surface area contributed by atoms with Gasteiger partial charge in [-0.3, -0.25) is 0 Å². The Bertz CT molecular complexity index is 387. The van der Waals surface area contributed by atoms with Crippen LogP contribution in [0.25, 0.3) is 0 Å². The Morgan fingerprint density at radius 3 is 2.06 bits per heavy atom.